The molecule has 10 heteroatoms. The average Bonchev–Trinajstić information content (AvgIpc) is 2.33. The van der Waals surface area contributed by atoms with Crippen molar-refractivity contribution < 1.29 is 34.5 Å². The molecule has 20 heavy (non-hydrogen) atoms. The quantitative estimate of drug-likeness (QED) is 0.290. The Balaban J connectivity index is 0. The lowest BCUT2D eigenvalue weighted by molar-refractivity contribution is -0.140. The topological polar surface area (TPSA) is 207 Å². The van der Waals surface area contributed by atoms with Crippen LogP contribution in [0, 0.1) is 0 Å². The van der Waals surface area contributed by atoms with Gasteiger partial charge >= 0.3 is 17.9 Å². The summed E-state index contributed by atoms with van der Waals surface area (Å²) in [6.07, 6.45) is -0.101. The number of amides is 1. The van der Waals surface area contributed by atoms with Crippen molar-refractivity contribution in [1.29, 1.82) is 0 Å². The molecule has 2 atom stereocenters. The number of hydrogen-bond acceptors (Lipinski definition) is 6. The van der Waals surface area contributed by atoms with E-state index in [9.17, 15) is 19.2 Å². The minimum absolute atomic E-state index is 0.0213. The number of rotatable bonds is 8. The molecule has 0 aliphatic rings. The summed E-state index contributed by atoms with van der Waals surface area (Å²) < 4.78 is 0. The van der Waals surface area contributed by atoms with Crippen molar-refractivity contribution >= 4 is 23.8 Å². The summed E-state index contributed by atoms with van der Waals surface area (Å²) in [5, 5.41) is 24.5. The van der Waals surface area contributed by atoms with Crippen LogP contribution in [0.15, 0.2) is 0 Å². The molecule has 0 fully saturated rings. The molecule has 0 rings (SSSR count). The van der Waals surface area contributed by atoms with Gasteiger partial charge in [0.25, 0.3) is 0 Å². The maximum atomic E-state index is 10.1. The van der Waals surface area contributed by atoms with Crippen LogP contribution in [-0.2, 0) is 19.2 Å². The molecule has 0 aromatic rings. The van der Waals surface area contributed by atoms with Gasteiger partial charge in [0.1, 0.15) is 12.1 Å². The first-order valence-electron chi connectivity index (χ1n) is 5.54. The van der Waals surface area contributed by atoms with E-state index in [-0.39, 0.29) is 25.7 Å². The van der Waals surface area contributed by atoms with Crippen LogP contribution >= 0.6 is 0 Å². The third-order valence-corrected chi connectivity index (χ3v) is 2.01. The van der Waals surface area contributed by atoms with Gasteiger partial charge in [0.05, 0.1) is 0 Å². The van der Waals surface area contributed by atoms with Gasteiger partial charge in [0, 0.05) is 12.8 Å². The summed E-state index contributed by atoms with van der Waals surface area (Å²) in [5.74, 6) is -3.84. The highest BCUT2D eigenvalue weighted by Gasteiger charge is 2.12. The molecule has 0 saturated heterocycles. The van der Waals surface area contributed by atoms with E-state index >= 15 is 0 Å². The van der Waals surface area contributed by atoms with Crippen LogP contribution in [0.2, 0.25) is 0 Å². The molecule has 0 heterocycles. The monoisotopic (exact) mass is 293 g/mol. The van der Waals surface area contributed by atoms with E-state index in [1.165, 1.54) is 0 Å². The van der Waals surface area contributed by atoms with Crippen LogP contribution in [0.25, 0.3) is 0 Å². The van der Waals surface area contributed by atoms with Gasteiger partial charge in [-0.3, -0.25) is 19.2 Å². The molecule has 9 N–H and O–H groups in total. The number of carboxylic acid groups (broad SMARTS) is 3. The fraction of sp³-hybridized carbons (Fsp3) is 0.600. The van der Waals surface area contributed by atoms with E-state index in [0.717, 1.165) is 0 Å². The fourth-order valence-corrected chi connectivity index (χ4v) is 0.824. The van der Waals surface area contributed by atoms with Crippen LogP contribution in [0.4, 0.5) is 0 Å². The number of hydrogen-bond donors (Lipinski definition) is 6. The largest absolute Gasteiger partial charge is 0.481 e. The van der Waals surface area contributed by atoms with Crippen molar-refractivity contribution in [2.45, 2.75) is 37.8 Å². The Morgan fingerprint density at radius 3 is 1.40 bits per heavy atom. The van der Waals surface area contributed by atoms with Crippen molar-refractivity contribution in [2.75, 3.05) is 0 Å². The Morgan fingerprint density at radius 2 is 1.15 bits per heavy atom. The first-order valence-corrected chi connectivity index (χ1v) is 5.54. The van der Waals surface area contributed by atoms with Crippen molar-refractivity contribution in [3.63, 3.8) is 0 Å². The molecule has 0 aliphatic heterocycles. The average molecular weight is 293 g/mol. The second kappa shape index (κ2) is 10.7. The first kappa shape index (κ1) is 20.1. The van der Waals surface area contributed by atoms with Gasteiger partial charge in [-0.25, -0.2) is 0 Å². The first-order chi connectivity index (χ1) is 9.07. The highest BCUT2D eigenvalue weighted by atomic mass is 16.4. The van der Waals surface area contributed by atoms with E-state index in [4.69, 9.17) is 32.5 Å². The van der Waals surface area contributed by atoms with Crippen LogP contribution in [0.5, 0.6) is 0 Å². The molecule has 0 aromatic carbocycles. The van der Waals surface area contributed by atoms with Crippen molar-refractivity contribution in [2.24, 2.45) is 17.2 Å². The summed E-state index contributed by atoms with van der Waals surface area (Å²) in [5.41, 5.74) is 14.8. The third-order valence-electron chi connectivity index (χ3n) is 2.01. The molecule has 1 amide bonds. The lowest BCUT2D eigenvalue weighted by atomic mass is 10.2. The molecule has 0 radical (unpaired) electrons. The molecule has 10 nitrogen and oxygen atoms in total. The Hall–Kier alpha value is -2.20. The SMILES string of the molecule is NC(=O)CCC(N)C(=O)O.N[C@@H](CCC(=O)O)C(=O)O. The molecule has 1 unspecified atom stereocenters. The van der Waals surface area contributed by atoms with Gasteiger partial charge in [-0.05, 0) is 12.8 Å². The number of aliphatic carboxylic acids is 3. The zero-order valence-electron chi connectivity index (χ0n) is 10.7. The van der Waals surface area contributed by atoms with Gasteiger partial charge in [0.2, 0.25) is 5.91 Å². The van der Waals surface area contributed by atoms with Crippen LogP contribution < -0.4 is 17.2 Å². The van der Waals surface area contributed by atoms with Crippen LogP contribution in [0.1, 0.15) is 25.7 Å². The van der Waals surface area contributed by atoms with Gasteiger partial charge in [-0.15, -0.1) is 0 Å². The highest BCUT2D eigenvalue weighted by molar-refractivity contribution is 5.77. The second-order valence-electron chi connectivity index (χ2n) is 3.83. The minimum atomic E-state index is -1.17. The number of primary amides is 1. The van der Waals surface area contributed by atoms with E-state index in [1.54, 1.807) is 0 Å². The lowest BCUT2D eigenvalue weighted by Crippen LogP contribution is -2.31. The smallest absolute Gasteiger partial charge is 0.320 e. The number of carboxylic acids is 3. The molecule has 0 saturated carbocycles. The van der Waals surface area contributed by atoms with E-state index < -0.39 is 35.9 Å². The maximum Gasteiger partial charge on any atom is 0.320 e. The Kier molecular flexibility index (Phi) is 10.8. The van der Waals surface area contributed by atoms with E-state index in [0.29, 0.717) is 0 Å². The van der Waals surface area contributed by atoms with Gasteiger partial charge < -0.3 is 32.5 Å². The molecule has 116 valence electrons. The number of carbonyl (C=O) groups is 4. The standard InChI is InChI=1S/C5H10N2O3.C5H9NO4/c2*6-3(5(9)10)1-2-4(7)8/h3H,1-2,6H2,(H2,7,8)(H,9,10);3H,1-2,6H2,(H,7,8)(H,9,10)/t;3-/m.0/s1. The number of nitrogens with two attached hydrogens (primary N) is 3. The van der Waals surface area contributed by atoms with Crippen molar-refractivity contribution in [1.82, 2.24) is 0 Å². The van der Waals surface area contributed by atoms with Crippen molar-refractivity contribution in [3.8, 4) is 0 Å². The summed E-state index contributed by atoms with van der Waals surface area (Å²) in [7, 11) is 0. The Bertz CT molecular complexity index is 325. The Morgan fingerprint density at radius 1 is 0.800 bits per heavy atom. The zero-order valence-corrected chi connectivity index (χ0v) is 10.7. The summed E-state index contributed by atoms with van der Waals surface area (Å²) in [6, 6.07) is -2.04. The number of carbonyl (C=O) groups excluding carboxylic acids is 1. The summed E-state index contributed by atoms with van der Waals surface area (Å²) in [6.45, 7) is 0. The van der Waals surface area contributed by atoms with Gasteiger partial charge in [0.15, 0.2) is 0 Å². The van der Waals surface area contributed by atoms with E-state index in [1.807, 2.05) is 0 Å². The van der Waals surface area contributed by atoms with Gasteiger partial charge in [-0.1, -0.05) is 0 Å². The summed E-state index contributed by atoms with van der Waals surface area (Å²) >= 11 is 0. The highest BCUT2D eigenvalue weighted by Crippen LogP contribution is 1.93. The molecular formula is C10H19N3O7. The molecule has 0 bridgehead atoms. The fourth-order valence-electron chi connectivity index (χ4n) is 0.824. The zero-order chi connectivity index (χ0) is 16.3. The predicted octanol–water partition coefficient (Wildman–Crippen LogP) is -2.07. The van der Waals surface area contributed by atoms with Crippen LogP contribution in [0.3, 0.4) is 0 Å². The lowest BCUT2D eigenvalue weighted by Gasteiger charge is -2.01. The summed E-state index contributed by atoms with van der Waals surface area (Å²) in [4.78, 5) is 40.0. The van der Waals surface area contributed by atoms with E-state index in [2.05, 4.69) is 0 Å². The molecule has 0 spiro atoms. The molecule has 0 aromatic heterocycles. The normalized spacial score (nSPS) is 12.5. The molecule has 0 aliphatic carbocycles. The second-order valence-corrected chi connectivity index (χ2v) is 3.83. The predicted molar refractivity (Wildman–Crippen MR) is 66.5 cm³/mol. The maximum absolute atomic E-state index is 10.1. The van der Waals surface area contributed by atoms with Gasteiger partial charge in [-0.2, -0.15) is 0 Å². The third kappa shape index (κ3) is 13.9. The molecular weight excluding hydrogens is 274 g/mol. The minimum Gasteiger partial charge on any atom is -0.481 e. The van der Waals surface area contributed by atoms with Crippen molar-refractivity contribution in [3.05, 3.63) is 0 Å². The van der Waals surface area contributed by atoms with Crippen LogP contribution in [-0.4, -0.2) is 51.2 Å². The Labute approximate surface area is 114 Å².